The van der Waals surface area contributed by atoms with Crippen LogP contribution >= 0.6 is 0 Å². The van der Waals surface area contributed by atoms with E-state index in [0.717, 1.165) is 18.2 Å². The summed E-state index contributed by atoms with van der Waals surface area (Å²) in [5, 5.41) is 11.4. The summed E-state index contributed by atoms with van der Waals surface area (Å²) in [4.78, 5) is 11.1. The van der Waals surface area contributed by atoms with E-state index in [2.05, 4.69) is 10.1 Å². The lowest BCUT2D eigenvalue weighted by molar-refractivity contribution is -0.0499. The van der Waals surface area contributed by atoms with Gasteiger partial charge in [0.25, 0.3) is 5.91 Å². The third-order valence-electron chi connectivity index (χ3n) is 1.61. The molecule has 0 saturated heterocycles. The molecule has 82 valence electrons. The van der Waals surface area contributed by atoms with Crippen LogP contribution in [-0.2, 0) is 0 Å². The van der Waals surface area contributed by atoms with Gasteiger partial charge in [-0.05, 0) is 12.1 Å². The lowest BCUT2D eigenvalue weighted by Crippen LogP contribution is -2.17. The monoisotopic (exact) mass is 217 g/mol. The summed E-state index contributed by atoms with van der Waals surface area (Å²) in [5.41, 5.74) is 0.0492. The van der Waals surface area contributed by atoms with Crippen molar-refractivity contribution in [1.29, 1.82) is 0 Å². The number of aromatic hydroxyl groups is 1. The second-order valence-electron chi connectivity index (χ2n) is 2.67. The van der Waals surface area contributed by atoms with Crippen LogP contribution in [0.3, 0.4) is 0 Å². The van der Waals surface area contributed by atoms with Crippen molar-refractivity contribution in [3.63, 3.8) is 0 Å². The average molecular weight is 217 g/mol. The van der Waals surface area contributed by atoms with Crippen LogP contribution in [0.25, 0.3) is 0 Å². The molecular weight excluding hydrogens is 208 g/mol. The zero-order valence-electron chi connectivity index (χ0n) is 7.83. The minimum Gasteiger partial charge on any atom is -0.508 e. The smallest absolute Gasteiger partial charge is 0.387 e. The van der Waals surface area contributed by atoms with Gasteiger partial charge in [0.05, 0.1) is 0 Å². The SMILES string of the molecule is CNC(=O)c1cc(O)cc(OC(F)F)c1. The van der Waals surface area contributed by atoms with Crippen LogP contribution in [0, 0.1) is 0 Å². The molecule has 0 fully saturated rings. The number of phenolic OH excluding ortho intramolecular Hbond substituents is 1. The van der Waals surface area contributed by atoms with Crippen molar-refractivity contribution < 1.29 is 23.4 Å². The molecule has 1 amide bonds. The van der Waals surface area contributed by atoms with Crippen LogP contribution in [-0.4, -0.2) is 24.7 Å². The van der Waals surface area contributed by atoms with Gasteiger partial charge >= 0.3 is 6.61 Å². The fraction of sp³-hybridized carbons (Fsp3) is 0.222. The second-order valence-corrected chi connectivity index (χ2v) is 2.67. The van der Waals surface area contributed by atoms with E-state index >= 15 is 0 Å². The molecule has 1 rings (SSSR count). The number of halogens is 2. The predicted octanol–water partition coefficient (Wildman–Crippen LogP) is 1.35. The molecule has 0 atom stereocenters. The zero-order valence-corrected chi connectivity index (χ0v) is 7.83. The molecule has 0 bridgehead atoms. The van der Waals surface area contributed by atoms with E-state index in [0.29, 0.717) is 0 Å². The minimum absolute atomic E-state index is 0.0492. The molecule has 6 heteroatoms. The zero-order chi connectivity index (χ0) is 11.4. The Hall–Kier alpha value is -1.85. The van der Waals surface area contributed by atoms with Gasteiger partial charge in [0.2, 0.25) is 0 Å². The van der Waals surface area contributed by atoms with Crippen molar-refractivity contribution in [3.8, 4) is 11.5 Å². The first-order chi connectivity index (χ1) is 7.02. The number of nitrogens with one attached hydrogen (secondary N) is 1. The highest BCUT2D eigenvalue weighted by atomic mass is 19.3. The average Bonchev–Trinajstić information content (AvgIpc) is 2.14. The summed E-state index contributed by atoms with van der Waals surface area (Å²) in [7, 11) is 1.39. The van der Waals surface area contributed by atoms with E-state index in [9.17, 15) is 13.6 Å². The first-order valence-corrected chi connectivity index (χ1v) is 4.04. The Morgan fingerprint density at radius 3 is 2.67 bits per heavy atom. The molecule has 1 aromatic rings. The summed E-state index contributed by atoms with van der Waals surface area (Å²) in [5.74, 6) is -1.07. The van der Waals surface area contributed by atoms with Crippen LogP contribution in [0.5, 0.6) is 11.5 Å². The summed E-state index contributed by atoms with van der Waals surface area (Å²) in [6, 6.07) is 3.26. The number of hydrogen-bond donors (Lipinski definition) is 2. The fourth-order valence-corrected chi connectivity index (χ4v) is 1.03. The van der Waals surface area contributed by atoms with Gasteiger partial charge in [0.15, 0.2) is 0 Å². The van der Waals surface area contributed by atoms with Crippen LogP contribution in [0.2, 0.25) is 0 Å². The maximum absolute atomic E-state index is 11.9. The van der Waals surface area contributed by atoms with Gasteiger partial charge < -0.3 is 15.2 Å². The molecule has 0 aromatic heterocycles. The highest BCUT2D eigenvalue weighted by molar-refractivity contribution is 5.94. The topological polar surface area (TPSA) is 58.6 Å². The maximum Gasteiger partial charge on any atom is 0.387 e. The Bertz CT molecular complexity index is 368. The third kappa shape index (κ3) is 3.08. The first kappa shape index (κ1) is 11.2. The Labute approximate surface area is 84.5 Å². The molecule has 0 spiro atoms. The molecule has 0 aliphatic heterocycles. The van der Waals surface area contributed by atoms with Gasteiger partial charge in [-0.2, -0.15) is 8.78 Å². The van der Waals surface area contributed by atoms with Crippen LogP contribution in [0.4, 0.5) is 8.78 Å². The van der Waals surface area contributed by atoms with Crippen molar-refractivity contribution in [2.45, 2.75) is 6.61 Å². The molecule has 4 nitrogen and oxygen atoms in total. The molecule has 0 heterocycles. The predicted molar refractivity (Wildman–Crippen MR) is 48.1 cm³/mol. The molecule has 0 saturated carbocycles. The number of benzene rings is 1. The molecule has 15 heavy (non-hydrogen) atoms. The summed E-state index contributed by atoms with van der Waals surface area (Å²) in [6.45, 7) is -3.00. The minimum atomic E-state index is -3.00. The van der Waals surface area contributed by atoms with E-state index in [1.807, 2.05) is 0 Å². The van der Waals surface area contributed by atoms with Crippen molar-refractivity contribution in [2.75, 3.05) is 7.05 Å². The van der Waals surface area contributed by atoms with Crippen LogP contribution in [0.15, 0.2) is 18.2 Å². The number of carbonyl (C=O) groups is 1. The highest BCUT2D eigenvalue weighted by Gasteiger charge is 2.10. The highest BCUT2D eigenvalue weighted by Crippen LogP contribution is 2.23. The number of carbonyl (C=O) groups excluding carboxylic acids is 1. The maximum atomic E-state index is 11.9. The summed E-state index contributed by atoms with van der Waals surface area (Å²) >= 11 is 0. The number of hydrogen-bond acceptors (Lipinski definition) is 3. The van der Waals surface area contributed by atoms with Crippen molar-refractivity contribution in [2.24, 2.45) is 0 Å². The van der Waals surface area contributed by atoms with E-state index in [4.69, 9.17) is 5.11 Å². The Morgan fingerprint density at radius 2 is 2.13 bits per heavy atom. The van der Waals surface area contributed by atoms with E-state index in [1.54, 1.807) is 0 Å². The van der Waals surface area contributed by atoms with Crippen molar-refractivity contribution >= 4 is 5.91 Å². The van der Waals surface area contributed by atoms with Crippen molar-refractivity contribution in [1.82, 2.24) is 5.32 Å². The molecule has 1 aromatic carbocycles. The lowest BCUT2D eigenvalue weighted by Gasteiger charge is -2.07. The number of rotatable bonds is 3. The third-order valence-corrected chi connectivity index (χ3v) is 1.61. The number of phenols is 1. The Balaban J connectivity index is 2.99. The number of alkyl halides is 2. The van der Waals surface area contributed by atoms with Gasteiger partial charge in [-0.1, -0.05) is 0 Å². The quantitative estimate of drug-likeness (QED) is 0.803. The standard InChI is InChI=1S/C9H9F2NO3/c1-12-8(14)5-2-6(13)4-7(3-5)15-9(10)11/h2-4,9,13H,1H3,(H,12,14). The molecule has 2 N–H and O–H groups in total. The summed E-state index contributed by atoms with van der Waals surface area (Å²) < 4.78 is 27.8. The fourth-order valence-electron chi connectivity index (χ4n) is 1.03. The van der Waals surface area contributed by atoms with Crippen LogP contribution in [0.1, 0.15) is 10.4 Å². The normalized spacial score (nSPS) is 10.1. The van der Waals surface area contributed by atoms with Gasteiger partial charge in [-0.3, -0.25) is 4.79 Å². The van der Waals surface area contributed by atoms with Gasteiger partial charge in [0.1, 0.15) is 11.5 Å². The summed E-state index contributed by atoms with van der Waals surface area (Å²) in [6.07, 6.45) is 0. The van der Waals surface area contributed by atoms with E-state index in [1.165, 1.54) is 7.05 Å². The van der Waals surface area contributed by atoms with E-state index < -0.39 is 12.5 Å². The van der Waals surface area contributed by atoms with Gasteiger partial charge in [0, 0.05) is 18.7 Å². The molecule has 0 aliphatic carbocycles. The number of amides is 1. The van der Waals surface area contributed by atoms with Gasteiger partial charge in [-0.25, -0.2) is 0 Å². The molecule has 0 aliphatic rings. The van der Waals surface area contributed by atoms with Crippen LogP contribution < -0.4 is 10.1 Å². The lowest BCUT2D eigenvalue weighted by atomic mass is 10.2. The Morgan fingerprint density at radius 1 is 1.47 bits per heavy atom. The molecular formula is C9H9F2NO3. The molecule has 0 radical (unpaired) electrons. The Kier molecular flexibility index (Phi) is 3.43. The second kappa shape index (κ2) is 4.59. The largest absolute Gasteiger partial charge is 0.508 e. The van der Waals surface area contributed by atoms with Crippen molar-refractivity contribution in [3.05, 3.63) is 23.8 Å². The molecule has 0 unspecified atom stereocenters. The van der Waals surface area contributed by atoms with E-state index in [-0.39, 0.29) is 17.1 Å². The van der Waals surface area contributed by atoms with Gasteiger partial charge in [-0.15, -0.1) is 0 Å². The number of ether oxygens (including phenoxy) is 1. The first-order valence-electron chi connectivity index (χ1n) is 4.04.